The minimum atomic E-state index is -5.00. The first kappa shape index (κ1) is 105. The van der Waals surface area contributed by atoms with Gasteiger partial charge in [0.2, 0.25) is 0 Å². The lowest BCUT2D eigenvalue weighted by molar-refractivity contribution is -0.161. The molecule has 110 heavy (non-hydrogen) atoms. The van der Waals surface area contributed by atoms with Crippen LogP contribution in [0.5, 0.6) is 0 Å². The standard InChI is InChI=1S/C91H156O17P2/c1-5-9-13-17-21-25-29-33-37-40-42-45-49-52-56-60-64-68-72-76-89(94)102-82-87(108-91(96)78-74-70-66-62-58-54-50-46-43-41-38-34-30-26-22-18-14-10-6-2)84-106-110(99,100)104-80-85(92)79-103-109(97,98)105-83-86(107-90(95)77-73-69-65-61-57-53-47-36-32-28-24-20-16-12-8-4)81-101-88(93)75-71-67-63-59-55-51-48-44-39-35-31-27-23-19-15-11-7-3/h9,11,13,15,21-23,25-27,33-35,37-39,42-43,45-46,52,56,85-87,92H,5-8,10,12,14,16-20,24,28-32,36,40-41,44,47-51,53-55,57-84H2,1-4H3,(H,97,98)(H,99,100)/b13-9-,15-11-,25-21-,26-22-,27-23-,37-33-,38-34-,39-35-,45-42-,46-43-,56-52-. The van der Waals surface area contributed by atoms with Crippen LogP contribution >= 0.6 is 15.6 Å². The molecule has 0 saturated carbocycles. The number of rotatable bonds is 81. The van der Waals surface area contributed by atoms with E-state index in [4.69, 9.17) is 37.0 Å². The van der Waals surface area contributed by atoms with Crippen LogP contribution in [0.1, 0.15) is 362 Å². The summed E-state index contributed by atoms with van der Waals surface area (Å²) in [5.74, 6) is -2.22. The minimum Gasteiger partial charge on any atom is -0.462 e. The first-order valence-electron chi connectivity index (χ1n) is 43.4. The van der Waals surface area contributed by atoms with Gasteiger partial charge in [-0.1, -0.05) is 328 Å². The van der Waals surface area contributed by atoms with Crippen molar-refractivity contribution < 1.29 is 80.2 Å². The molecule has 3 N–H and O–H groups in total. The topological polar surface area (TPSA) is 237 Å². The summed E-state index contributed by atoms with van der Waals surface area (Å²) in [6, 6.07) is 0. The summed E-state index contributed by atoms with van der Waals surface area (Å²) in [6.45, 7) is 4.62. The van der Waals surface area contributed by atoms with Crippen LogP contribution in [-0.2, 0) is 65.4 Å². The van der Waals surface area contributed by atoms with E-state index in [2.05, 4.69) is 161 Å². The summed E-state index contributed by atoms with van der Waals surface area (Å²) in [5, 5.41) is 10.7. The lowest BCUT2D eigenvalue weighted by Crippen LogP contribution is -2.30. The molecule has 0 radical (unpaired) electrons. The number of hydrogen-bond acceptors (Lipinski definition) is 15. The average molecular weight is 1580 g/mol. The maximum absolute atomic E-state index is 13.2. The molecule has 0 aliphatic carbocycles. The highest BCUT2D eigenvalue weighted by Gasteiger charge is 2.30. The summed E-state index contributed by atoms with van der Waals surface area (Å²) in [7, 11) is -9.99. The van der Waals surface area contributed by atoms with Gasteiger partial charge in [0.15, 0.2) is 12.2 Å². The first-order valence-corrected chi connectivity index (χ1v) is 46.4. The molecule has 0 fully saturated rings. The van der Waals surface area contributed by atoms with E-state index in [0.29, 0.717) is 25.7 Å². The summed E-state index contributed by atoms with van der Waals surface area (Å²) < 4.78 is 68.9. The van der Waals surface area contributed by atoms with Gasteiger partial charge in [-0.2, -0.15) is 0 Å². The molecule has 5 unspecified atom stereocenters. The molecule has 0 saturated heterocycles. The van der Waals surface area contributed by atoms with Crippen molar-refractivity contribution in [3.63, 3.8) is 0 Å². The zero-order valence-electron chi connectivity index (χ0n) is 69.4. The predicted octanol–water partition coefficient (Wildman–Crippen LogP) is 26.0. The second kappa shape index (κ2) is 82.2. The number of phosphoric acid groups is 2. The van der Waals surface area contributed by atoms with Gasteiger partial charge >= 0.3 is 39.5 Å². The number of phosphoric ester groups is 2. The number of hydrogen-bond donors (Lipinski definition) is 3. The predicted molar refractivity (Wildman–Crippen MR) is 454 cm³/mol. The van der Waals surface area contributed by atoms with Gasteiger partial charge in [0, 0.05) is 25.7 Å². The molecule has 0 aromatic heterocycles. The maximum Gasteiger partial charge on any atom is 0.472 e. The maximum atomic E-state index is 13.2. The molecule has 0 rings (SSSR count). The highest BCUT2D eigenvalue weighted by molar-refractivity contribution is 7.47. The lowest BCUT2D eigenvalue weighted by atomic mass is 10.0. The van der Waals surface area contributed by atoms with Gasteiger partial charge < -0.3 is 33.8 Å². The van der Waals surface area contributed by atoms with E-state index in [1.54, 1.807) is 0 Å². The van der Waals surface area contributed by atoms with Crippen LogP contribution in [-0.4, -0.2) is 96.7 Å². The molecule has 0 aromatic carbocycles. The van der Waals surface area contributed by atoms with E-state index >= 15 is 0 Å². The third-order valence-electron chi connectivity index (χ3n) is 18.1. The third kappa shape index (κ3) is 81.2. The number of esters is 4. The molecule has 0 aliphatic rings. The van der Waals surface area contributed by atoms with Crippen LogP contribution in [0.25, 0.3) is 0 Å². The molecule has 632 valence electrons. The normalized spacial score (nSPS) is 14.4. The number of aliphatic hydroxyl groups excluding tert-OH is 1. The number of carbonyl (C=O) groups excluding carboxylic acids is 4. The molecule has 0 aromatic rings. The Labute approximate surface area is 669 Å². The zero-order valence-corrected chi connectivity index (χ0v) is 71.2. The van der Waals surface area contributed by atoms with Crippen molar-refractivity contribution in [2.45, 2.75) is 380 Å². The zero-order chi connectivity index (χ0) is 80.3. The van der Waals surface area contributed by atoms with Crippen LogP contribution in [0, 0.1) is 0 Å². The highest BCUT2D eigenvalue weighted by Crippen LogP contribution is 2.45. The highest BCUT2D eigenvalue weighted by atomic mass is 31.2. The molecule has 0 bridgehead atoms. The minimum absolute atomic E-state index is 0.0702. The van der Waals surface area contributed by atoms with Crippen molar-refractivity contribution in [1.29, 1.82) is 0 Å². The smallest absolute Gasteiger partial charge is 0.462 e. The van der Waals surface area contributed by atoms with Crippen molar-refractivity contribution in [2.24, 2.45) is 0 Å². The Morgan fingerprint density at radius 1 is 0.264 bits per heavy atom. The van der Waals surface area contributed by atoms with E-state index in [-0.39, 0.29) is 25.7 Å². The van der Waals surface area contributed by atoms with Crippen LogP contribution in [0.3, 0.4) is 0 Å². The van der Waals surface area contributed by atoms with Crippen LogP contribution in [0.2, 0.25) is 0 Å². The quantitative estimate of drug-likeness (QED) is 0.0169. The molecular weight excluding hydrogens is 1430 g/mol. The van der Waals surface area contributed by atoms with E-state index in [9.17, 15) is 43.2 Å². The molecule has 5 atom stereocenters. The first-order chi connectivity index (χ1) is 53.7. The van der Waals surface area contributed by atoms with E-state index in [1.807, 2.05) is 0 Å². The molecule has 0 heterocycles. The van der Waals surface area contributed by atoms with Crippen LogP contribution in [0.15, 0.2) is 134 Å². The summed E-state index contributed by atoms with van der Waals surface area (Å²) in [6.07, 6.45) is 94.0. The summed E-state index contributed by atoms with van der Waals surface area (Å²) >= 11 is 0. The second-order valence-electron chi connectivity index (χ2n) is 28.7. The molecule has 0 amide bonds. The fourth-order valence-corrected chi connectivity index (χ4v) is 13.1. The van der Waals surface area contributed by atoms with Gasteiger partial charge in [-0.15, -0.1) is 0 Å². The number of ether oxygens (including phenoxy) is 4. The molecule has 17 nitrogen and oxygen atoms in total. The largest absolute Gasteiger partial charge is 0.472 e. The number of carbonyl (C=O) groups is 4. The molecular formula is C91H156O17P2. The van der Waals surface area contributed by atoms with Gasteiger partial charge in [0.05, 0.1) is 26.4 Å². The Kier molecular flexibility index (Phi) is 78.6. The Balaban J connectivity index is 5.42. The van der Waals surface area contributed by atoms with Crippen molar-refractivity contribution in [1.82, 2.24) is 0 Å². The Morgan fingerprint density at radius 2 is 0.473 bits per heavy atom. The molecule has 0 aliphatic heterocycles. The Morgan fingerprint density at radius 3 is 0.755 bits per heavy atom. The SMILES string of the molecule is CC/C=C\C/C=C\C/C=C\C/C=C\C/C=C\CCCCCC(=O)OCC(COP(=O)(O)OCC(O)COP(=O)(O)OCC(COC(=O)CCCCCCCCC/C=C\C/C=C\C/C=C\CC)OC(=O)CCCCCCCCCCCCCCCCC)OC(=O)CCCCCCCC/C=C\C/C=C\C/C=C\CCCCC. The Bertz CT molecular complexity index is 2600. The van der Waals surface area contributed by atoms with Gasteiger partial charge in [0.1, 0.15) is 19.3 Å². The van der Waals surface area contributed by atoms with Crippen molar-refractivity contribution >= 4 is 39.5 Å². The third-order valence-corrected chi connectivity index (χ3v) is 20.0. The van der Waals surface area contributed by atoms with Crippen molar-refractivity contribution in [3.05, 3.63) is 134 Å². The Hall–Kier alpha value is -4.80. The number of unbranched alkanes of at least 4 members (excludes halogenated alkanes) is 33. The van der Waals surface area contributed by atoms with E-state index < -0.39 is 97.5 Å². The van der Waals surface area contributed by atoms with Crippen LogP contribution in [0.4, 0.5) is 0 Å². The average Bonchev–Trinajstić information content (AvgIpc) is 0.900. The number of allylic oxidation sites excluding steroid dienone is 22. The summed E-state index contributed by atoms with van der Waals surface area (Å²) in [4.78, 5) is 73.3. The van der Waals surface area contributed by atoms with Crippen molar-refractivity contribution in [3.8, 4) is 0 Å². The fraction of sp³-hybridized carbons (Fsp3) is 0.714. The lowest BCUT2D eigenvalue weighted by Gasteiger charge is -2.21. The van der Waals surface area contributed by atoms with E-state index in [0.717, 1.165) is 199 Å². The van der Waals surface area contributed by atoms with Gasteiger partial charge in [-0.25, -0.2) is 9.13 Å². The summed E-state index contributed by atoms with van der Waals surface area (Å²) in [5.41, 5.74) is 0. The molecule has 19 heteroatoms. The van der Waals surface area contributed by atoms with Crippen LogP contribution < -0.4 is 0 Å². The van der Waals surface area contributed by atoms with Crippen molar-refractivity contribution in [2.75, 3.05) is 39.6 Å². The van der Waals surface area contributed by atoms with Gasteiger partial charge in [0.25, 0.3) is 0 Å². The number of aliphatic hydroxyl groups is 1. The molecule has 0 spiro atoms. The second-order valence-corrected chi connectivity index (χ2v) is 31.6. The van der Waals surface area contributed by atoms with E-state index in [1.165, 1.54) is 83.5 Å². The van der Waals surface area contributed by atoms with Gasteiger partial charge in [-0.05, 0) is 141 Å². The fourth-order valence-electron chi connectivity index (χ4n) is 11.6. The van der Waals surface area contributed by atoms with Gasteiger partial charge in [-0.3, -0.25) is 37.3 Å². The monoisotopic (exact) mass is 1580 g/mol.